The van der Waals surface area contributed by atoms with Crippen LogP contribution in [0.3, 0.4) is 0 Å². The predicted octanol–water partition coefficient (Wildman–Crippen LogP) is 3.26. The number of rotatable bonds is 5. The maximum atomic E-state index is 13.5. The Balaban J connectivity index is 1.76. The van der Waals surface area contributed by atoms with Crippen LogP contribution in [0, 0.1) is 11.3 Å². The molecule has 0 radical (unpaired) electrons. The second-order valence-electron chi connectivity index (χ2n) is 7.78. The summed E-state index contributed by atoms with van der Waals surface area (Å²) in [6, 6.07) is 17.4. The molecular formula is C25H25N5O. The van der Waals surface area contributed by atoms with Crippen molar-refractivity contribution in [1.29, 1.82) is 5.26 Å². The van der Waals surface area contributed by atoms with Crippen molar-refractivity contribution in [3.05, 3.63) is 93.5 Å². The van der Waals surface area contributed by atoms with Gasteiger partial charge < -0.3 is 10.6 Å². The fourth-order valence-electron chi connectivity index (χ4n) is 3.96. The van der Waals surface area contributed by atoms with Gasteiger partial charge in [0.1, 0.15) is 5.82 Å². The number of hydrogen-bond donors (Lipinski definition) is 1. The summed E-state index contributed by atoms with van der Waals surface area (Å²) in [5, 5.41) is 9.50. The number of pyridine rings is 2. The van der Waals surface area contributed by atoms with Crippen LogP contribution in [0.2, 0.25) is 0 Å². The highest BCUT2D eigenvalue weighted by atomic mass is 16.1. The highest BCUT2D eigenvalue weighted by Gasteiger charge is 2.21. The molecule has 4 rings (SSSR count). The first kappa shape index (κ1) is 20.6. The zero-order chi connectivity index (χ0) is 21.6. The van der Waals surface area contributed by atoms with E-state index in [2.05, 4.69) is 16.0 Å². The summed E-state index contributed by atoms with van der Waals surface area (Å²) < 4.78 is 1.76. The molecule has 156 valence electrons. The van der Waals surface area contributed by atoms with Crippen molar-refractivity contribution in [1.82, 2.24) is 9.55 Å². The van der Waals surface area contributed by atoms with Crippen molar-refractivity contribution >= 4 is 18.0 Å². The van der Waals surface area contributed by atoms with E-state index < -0.39 is 0 Å². The molecule has 6 nitrogen and oxygen atoms in total. The lowest BCUT2D eigenvalue weighted by Crippen LogP contribution is -2.45. The molecule has 1 fully saturated rings. The Morgan fingerprint density at radius 3 is 2.81 bits per heavy atom. The molecule has 6 heteroatoms. The molecule has 0 unspecified atom stereocenters. The van der Waals surface area contributed by atoms with Crippen molar-refractivity contribution in [2.24, 2.45) is 5.73 Å². The van der Waals surface area contributed by atoms with Gasteiger partial charge in [-0.05, 0) is 54.3 Å². The largest absolute Gasteiger partial charge is 0.356 e. The molecule has 0 spiro atoms. The Bertz CT molecular complexity index is 1180. The van der Waals surface area contributed by atoms with Gasteiger partial charge in [0, 0.05) is 37.1 Å². The fourth-order valence-corrected chi connectivity index (χ4v) is 3.96. The average Bonchev–Trinajstić information content (AvgIpc) is 2.80. The molecule has 2 N–H and O–H groups in total. The quantitative estimate of drug-likeness (QED) is 0.696. The van der Waals surface area contributed by atoms with Crippen molar-refractivity contribution in [3.63, 3.8) is 0 Å². The first-order valence-electron chi connectivity index (χ1n) is 10.5. The maximum Gasteiger partial charge on any atom is 0.259 e. The zero-order valence-electron chi connectivity index (χ0n) is 17.3. The number of nitrogens with two attached hydrogens (primary N) is 1. The van der Waals surface area contributed by atoms with E-state index >= 15 is 0 Å². The van der Waals surface area contributed by atoms with Crippen LogP contribution in [0.15, 0.2) is 65.7 Å². The Labute approximate surface area is 181 Å². The number of piperidine rings is 1. The molecule has 1 aromatic carbocycles. The minimum atomic E-state index is -0.0930. The molecule has 0 bridgehead atoms. The van der Waals surface area contributed by atoms with E-state index in [0.29, 0.717) is 24.2 Å². The lowest BCUT2D eigenvalue weighted by Gasteiger charge is -2.34. The van der Waals surface area contributed by atoms with Crippen molar-refractivity contribution in [2.45, 2.75) is 25.4 Å². The summed E-state index contributed by atoms with van der Waals surface area (Å²) in [5.74, 6) is 0.839. The maximum absolute atomic E-state index is 13.5. The monoisotopic (exact) mass is 411 g/mol. The SMILES string of the molecule is N#Cc1ccccc1Cn1c(N2CCC[C@@H](N)C2)ccc(C=Cc2cccnc2)c1=O. The van der Waals surface area contributed by atoms with Gasteiger partial charge in [-0.25, -0.2) is 0 Å². The predicted molar refractivity (Wildman–Crippen MR) is 124 cm³/mol. The number of hydrogen-bond acceptors (Lipinski definition) is 5. The van der Waals surface area contributed by atoms with Gasteiger partial charge in [0.15, 0.2) is 0 Å². The minimum Gasteiger partial charge on any atom is -0.356 e. The summed E-state index contributed by atoms with van der Waals surface area (Å²) in [4.78, 5) is 19.8. The van der Waals surface area contributed by atoms with E-state index in [1.807, 2.05) is 54.6 Å². The molecule has 3 heterocycles. The zero-order valence-corrected chi connectivity index (χ0v) is 17.3. The molecule has 1 aliphatic heterocycles. The Morgan fingerprint density at radius 2 is 2.03 bits per heavy atom. The number of benzene rings is 1. The molecular weight excluding hydrogens is 386 g/mol. The van der Waals surface area contributed by atoms with Gasteiger partial charge in [-0.3, -0.25) is 14.3 Å². The van der Waals surface area contributed by atoms with Gasteiger partial charge in [0.25, 0.3) is 5.56 Å². The lowest BCUT2D eigenvalue weighted by molar-refractivity contribution is 0.496. The molecule has 0 saturated carbocycles. The van der Waals surface area contributed by atoms with Gasteiger partial charge in [0.05, 0.1) is 18.2 Å². The van der Waals surface area contributed by atoms with E-state index in [4.69, 9.17) is 5.73 Å². The third-order valence-electron chi connectivity index (χ3n) is 5.57. The first-order chi connectivity index (χ1) is 15.2. The molecule has 0 amide bonds. The molecule has 1 aliphatic rings. The minimum absolute atomic E-state index is 0.0915. The molecule has 3 aromatic rings. The highest BCUT2D eigenvalue weighted by molar-refractivity contribution is 5.69. The van der Waals surface area contributed by atoms with E-state index in [0.717, 1.165) is 36.3 Å². The van der Waals surface area contributed by atoms with Crippen LogP contribution in [0.4, 0.5) is 5.82 Å². The van der Waals surface area contributed by atoms with Crippen LogP contribution in [0.25, 0.3) is 12.2 Å². The van der Waals surface area contributed by atoms with Gasteiger partial charge in [-0.1, -0.05) is 30.3 Å². The number of nitrogens with zero attached hydrogens (tertiary/aromatic N) is 4. The number of aromatic nitrogens is 2. The van der Waals surface area contributed by atoms with E-state index in [1.54, 1.807) is 23.0 Å². The smallest absolute Gasteiger partial charge is 0.259 e. The van der Waals surface area contributed by atoms with Crippen LogP contribution in [-0.2, 0) is 6.54 Å². The van der Waals surface area contributed by atoms with Crippen molar-refractivity contribution in [2.75, 3.05) is 18.0 Å². The number of nitriles is 1. The summed E-state index contributed by atoms with van der Waals surface area (Å²) in [6.45, 7) is 1.90. The third-order valence-corrected chi connectivity index (χ3v) is 5.57. The third kappa shape index (κ3) is 4.73. The molecule has 2 aromatic heterocycles. The Kier molecular flexibility index (Phi) is 6.25. The number of anilines is 1. The van der Waals surface area contributed by atoms with Gasteiger partial charge >= 0.3 is 0 Å². The summed E-state index contributed by atoms with van der Waals surface area (Å²) >= 11 is 0. The molecule has 31 heavy (non-hydrogen) atoms. The summed E-state index contributed by atoms with van der Waals surface area (Å²) in [7, 11) is 0. The second-order valence-corrected chi connectivity index (χ2v) is 7.78. The highest BCUT2D eigenvalue weighted by Crippen LogP contribution is 2.21. The summed E-state index contributed by atoms with van der Waals surface area (Å²) in [6.07, 6.45) is 9.15. The van der Waals surface area contributed by atoms with Crippen LogP contribution >= 0.6 is 0 Å². The van der Waals surface area contributed by atoms with E-state index in [1.165, 1.54) is 0 Å². The first-order valence-corrected chi connectivity index (χ1v) is 10.5. The average molecular weight is 412 g/mol. The molecule has 1 saturated heterocycles. The van der Waals surface area contributed by atoms with Gasteiger partial charge in [0.2, 0.25) is 0 Å². The normalized spacial score (nSPS) is 16.4. The van der Waals surface area contributed by atoms with Crippen molar-refractivity contribution < 1.29 is 0 Å². The summed E-state index contributed by atoms with van der Waals surface area (Å²) in [5.41, 5.74) is 9.02. The van der Waals surface area contributed by atoms with Gasteiger partial charge in [-0.15, -0.1) is 0 Å². The van der Waals surface area contributed by atoms with Crippen LogP contribution in [0.5, 0.6) is 0 Å². The Morgan fingerprint density at radius 1 is 1.16 bits per heavy atom. The molecule has 0 aliphatic carbocycles. The molecule has 1 atom stereocenters. The lowest BCUT2D eigenvalue weighted by atomic mass is 10.1. The van der Waals surface area contributed by atoms with Crippen molar-refractivity contribution in [3.8, 4) is 6.07 Å². The van der Waals surface area contributed by atoms with Crippen LogP contribution in [0.1, 0.15) is 35.1 Å². The van der Waals surface area contributed by atoms with E-state index in [-0.39, 0.29) is 11.6 Å². The van der Waals surface area contributed by atoms with Gasteiger partial charge in [-0.2, -0.15) is 5.26 Å². The van der Waals surface area contributed by atoms with E-state index in [9.17, 15) is 10.1 Å². The second kappa shape index (κ2) is 9.41. The topological polar surface area (TPSA) is 87.9 Å². The standard InChI is InChI=1S/C25H25N5O/c26-15-21-6-1-2-7-22(21)17-30-24(29-14-4-8-23(27)18-29)12-11-20(25(30)31)10-9-19-5-3-13-28-16-19/h1-3,5-7,9-13,16,23H,4,8,14,17-18,27H2/t23-/m1/s1. The van der Waals surface area contributed by atoms with Crippen LogP contribution < -0.4 is 16.2 Å². The fraction of sp³-hybridized carbons (Fsp3) is 0.240. The Hall–Kier alpha value is -3.69. The van der Waals surface area contributed by atoms with Crippen LogP contribution in [-0.4, -0.2) is 28.7 Å².